The Balaban J connectivity index is 3.04. The summed E-state index contributed by atoms with van der Waals surface area (Å²) in [6, 6.07) is 0. The monoisotopic (exact) mass is 186 g/mol. The van der Waals surface area contributed by atoms with Crippen LogP contribution in [0.2, 0.25) is 0 Å². The molecule has 0 N–H and O–H groups in total. The van der Waals surface area contributed by atoms with Crippen LogP contribution in [0, 0.1) is 6.92 Å². The SMILES string of the molecule is CCCn1ncc(C)c1C(=O)Cl. The molecule has 12 heavy (non-hydrogen) atoms. The lowest BCUT2D eigenvalue weighted by Crippen LogP contribution is -2.07. The van der Waals surface area contributed by atoms with Gasteiger partial charge < -0.3 is 0 Å². The van der Waals surface area contributed by atoms with Gasteiger partial charge in [-0.05, 0) is 30.5 Å². The van der Waals surface area contributed by atoms with E-state index in [4.69, 9.17) is 11.6 Å². The zero-order valence-electron chi connectivity index (χ0n) is 7.17. The highest BCUT2D eigenvalue weighted by molar-refractivity contribution is 6.67. The molecular formula is C8H11ClN2O. The smallest absolute Gasteiger partial charge is 0.270 e. The second kappa shape index (κ2) is 3.72. The standard InChI is InChI=1S/C8H11ClN2O/c1-3-4-11-7(8(9)12)6(2)5-10-11/h5H,3-4H2,1-2H3. The first-order valence-electron chi connectivity index (χ1n) is 3.89. The molecule has 0 amide bonds. The number of carbonyl (C=O) groups excluding carboxylic acids is 1. The third-order valence-corrected chi connectivity index (χ3v) is 1.82. The van der Waals surface area contributed by atoms with Gasteiger partial charge in [-0.15, -0.1) is 0 Å². The molecule has 0 aromatic carbocycles. The number of hydrogen-bond acceptors (Lipinski definition) is 2. The van der Waals surface area contributed by atoms with Gasteiger partial charge in [-0.1, -0.05) is 6.92 Å². The minimum atomic E-state index is -0.432. The van der Waals surface area contributed by atoms with Crippen LogP contribution in [0.1, 0.15) is 29.4 Å². The first kappa shape index (κ1) is 9.26. The molecule has 0 bridgehead atoms. The summed E-state index contributed by atoms with van der Waals surface area (Å²) in [7, 11) is 0. The summed E-state index contributed by atoms with van der Waals surface area (Å²) >= 11 is 5.39. The number of halogens is 1. The van der Waals surface area contributed by atoms with Gasteiger partial charge in [0.25, 0.3) is 5.24 Å². The molecule has 1 aromatic rings. The number of nitrogens with zero attached hydrogens (tertiary/aromatic N) is 2. The fraction of sp³-hybridized carbons (Fsp3) is 0.500. The molecule has 0 fully saturated rings. The second-order valence-corrected chi connectivity index (χ2v) is 3.02. The molecule has 0 aliphatic carbocycles. The summed E-state index contributed by atoms with van der Waals surface area (Å²) in [5, 5.41) is 3.61. The van der Waals surface area contributed by atoms with Crippen molar-refractivity contribution in [2.75, 3.05) is 0 Å². The predicted molar refractivity (Wildman–Crippen MR) is 47.4 cm³/mol. The van der Waals surface area contributed by atoms with E-state index in [9.17, 15) is 4.79 Å². The topological polar surface area (TPSA) is 34.9 Å². The van der Waals surface area contributed by atoms with E-state index >= 15 is 0 Å². The third-order valence-electron chi connectivity index (χ3n) is 1.64. The van der Waals surface area contributed by atoms with Crippen LogP contribution in [-0.2, 0) is 6.54 Å². The minimum absolute atomic E-state index is 0.432. The molecule has 0 atom stereocenters. The number of hydrogen-bond donors (Lipinski definition) is 0. The van der Waals surface area contributed by atoms with Crippen LogP contribution >= 0.6 is 11.6 Å². The Morgan fingerprint density at radius 2 is 2.42 bits per heavy atom. The summed E-state index contributed by atoms with van der Waals surface area (Å²) in [5.41, 5.74) is 1.35. The van der Waals surface area contributed by atoms with E-state index in [1.807, 2.05) is 13.8 Å². The van der Waals surface area contributed by atoms with Crippen molar-refractivity contribution in [3.63, 3.8) is 0 Å². The van der Waals surface area contributed by atoms with E-state index < -0.39 is 5.24 Å². The van der Waals surface area contributed by atoms with Crippen molar-refractivity contribution in [1.29, 1.82) is 0 Å². The quantitative estimate of drug-likeness (QED) is 0.677. The van der Waals surface area contributed by atoms with E-state index in [1.54, 1.807) is 10.9 Å². The molecule has 0 saturated carbocycles. The highest BCUT2D eigenvalue weighted by Gasteiger charge is 2.12. The zero-order chi connectivity index (χ0) is 9.14. The van der Waals surface area contributed by atoms with Crippen LogP contribution < -0.4 is 0 Å². The maximum absolute atomic E-state index is 10.9. The van der Waals surface area contributed by atoms with E-state index in [2.05, 4.69) is 5.10 Å². The summed E-state index contributed by atoms with van der Waals surface area (Å²) in [5.74, 6) is 0. The molecule has 1 heterocycles. The Morgan fingerprint density at radius 3 is 2.92 bits per heavy atom. The van der Waals surface area contributed by atoms with Gasteiger partial charge in [-0.2, -0.15) is 5.10 Å². The summed E-state index contributed by atoms with van der Waals surface area (Å²) in [6.45, 7) is 4.59. The Kier molecular flexibility index (Phi) is 2.87. The molecule has 66 valence electrons. The molecular weight excluding hydrogens is 176 g/mol. The minimum Gasteiger partial charge on any atom is -0.274 e. The lowest BCUT2D eigenvalue weighted by atomic mass is 10.3. The normalized spacial score (nSPS) is 10.2. The molecule has 3 nitrogen and oxygen atoms in total. The van der Waals surface area contributed by atoms with E-state index in [-0.39, 0.29) is 0 Å². The van der Waals surface area contributed by atoms with Gasteiger partial charge in [0, 0.05) is 6.54 Å². The van der Waals surface area contributed by atoms with Crippen LogP contribution in [0.3, 0.4) is 0 Å². The van der Waals surface area contributed by atoms with Gasteiger partial charge in [0.05, 0.1) is 6.20 Å². The number of carbonyl (C=O) groups is 1. The van der Waals surface area contributed by atoms with Crippen molar-refractivity contribution < 1.29 is 4.79 Å². The Bertz CT molecular complexity index is 293. The number of aromatic nitrogens is 2. The van der Waals surface area contributed by atoms with Gasteiger partial charge in [0.15, 0.2) is 0 Å². The molecule has 0 aliphatic rings. The van der Waals surface area contributed by atoms with Crippen molar-refractivity contribution >= 4 is 16.8 Å². The van der Waals surface area contributed by atoms with Crippen molar-refractivity contribution in [1.82, 2.24) is 9.78 Å². The second-order valence-electron chi connectivity index (χ2n) is 2.67. The van der Waals surface area contributed by atoms with Crippen LogP contribution in [0.25, 0.3) is 0 Å². The predicted octanol–water partition coefficient (Wildman–Crippen LogP) is 1.98. The van der Waals surface area contributed by atoms with Gasteiger partial charge >= 0.3 is 0 Å². The summed E-state index contributed by atoms with van der Waals surface area (Å²) < 4.78 is 1.64. The van der Waals surface area contributed by atoms with Crippen LogP contribution in [-0.4, -0.2) is 15.0 Å². The summed E-state index contributed by atoms with van der Waals surface area (Å²) in [4.78, 5) is 10.9. The van der Waals surface area contributed by atoms with Gasteiger partial charge in [0.2, 0.25) is 0 Å². The van der Waals surface area contributed by atoms with Crippen molar-refractivity contribution in [3.05, 3.63) is 17.5 Å². The van der Waals surface area contributed by atoms with Crippen molar-refractivity contribution in [2.24, 2.45) is 0 Å². The maximum atomic E-state index is 10.9. The zero-order valence-corrected chi connectivity index (χ0v) is 7.93. The van der Waals surface area contributed by atoms with Crippen LogP contribution in [0.15, 0.2) is 6.20 Å². The fourth-order valence-electron chi connectivity index (χ4n) is 1.12. The van der Waals surface area contributed by atoms with Crippen LogP contribution in [0.5, 0.6) is 0 Å². The molecule has 0 aliphatic heterocycles. The summed E-state index contributed by atoms with van der Waals surface area (Å²) in [6.07, 6.45) is 2.60. The molecule has 0 unspecified atom stereocenters. The van der Waals surface area contributed by atoms with E-state index in [0.717, 1.165) is 18.5 Å². The molecule has 0 saturated heterocycles. The molecule has 1 rings (SSSR count). The molecule has 0 spiro atoms. The highest BCUT2D eigenvalue weighted by atomic mass is 35.5. The Morgan fingerprint density at radius 1 is 1.75 bits per heavy atom. The van der Waals surface area contributed by atoms with Gasteiger partial charge in [0.1, 0.15) is 5.69 Å². The Hall–Kier alpha value is -0.830. The number of aryl methyl sites for hydroxylation is 2. The average molecular weight is 187 g/mol. The number of rotatable bonds is 3. The molecule has 0 radical (unpaired) electrons. The van der Waals surface area contributed by atoms with Gasteiger partial charge in [-0.3, -0.25) is 9.48 Å². The van der Waals surface area contributed by atoms with Crippen molar-refractivity contribution in [2.45, 2.75) is 26.8 Å². The first-order chi connectivity index (χ1) is 5.66. The van der Waals surface area contributed by atoms with E-state index in [0.29, 0.717) is 5.69 Å². The lowest BCUT2D eigenvalue weighted by molar-refractivity contribution is 0.107. The third kappa shape index (κ3) is 1.67. The largest absolute Gasteiger partial charge is 0.274 e. The first-order valence-corrected chi connectivity index (χ1v) is 4.26. The van der Waals surface area contributed by atoms with E-state index in [1.165, 1.54) is 0 Å². The molecule has 4 heteroatoms. The maximum Gasteiger partial charge on any atom is 0.270 e. The fourth-order valence-corrected chi connectivity index (χ4v) is 1.36. The van der Waals surface area contributed by atoms with Crippen LogP contribution in [0.4, 0.5) is 0 Å². The van der Waals surface area contributed by atoms with Crippen molar-refractivity contribution in [3.8, 4) is 0 Å². The average Bonchev–Trinajstić information content (AvgIpc) is 2.32. The van der Waals surface area contributed by atoms with Gasteiger partial charge in [-0.25, -0.2) is 0 Å². The highest BCUT2D eigenvalue weighted by Crippen LogP contribution is 2.10. The Labute approximate surface area is 76.3 Å². The lowest BCUT2D eigenvalue weighted by Gasteiger charge is -2.01. The molecule has 1 aromatic heterocycles.